The molecule has 6 nitrogen and oxygen atoms in total. The number of furan rings is 1. The van der Waals surface area contributed by atoms with E-state index in [0.29, 0.717) is 25.9 Å². The smallest absolute Gasteiger partial charge is 0.223 e. The minimum Gasteiger partial charge on any atom is -0.465 e. The van der Waals surface area contributed by atoms with E-state index in [0.717, 1.165) is 37.5 Å². The number of carbonyl (C=O) groups is 2. The molecule has 6 heteroatoms. The Labute approximate surface area is 149 Å². The van der Waals surface area contributed by atoms with Gasteiger partial charge in [-0.3, -0.25) is 14.5 Å². The lowest BCUT2D eigenvalue weighted by Gasteiger charge is -2.26. The summed E-state index contributed by atoms with van der Waals surface area (Å²) in [6.45, 7) is 5.19. The summed E-state index contributed by atoms with van der Waals surface area (Å²) in [5, 5.41) is 5.93. The van der Waals surface area contributed by atoms with Crippen molar-refractivity contribution in [3.05, 3.63) is 23.7 Å². The molecular formula is C19H29N3O3. The summed E-state index contributed by atoms with van der Waals surface area (Å²) in [5.74, 6) is 2.23. The quantitative estimate of drug-likeness (QED) is 0.671. The number of amides is 2. The van der Waals surface area contributed by atoms with Gasteiger partial charge in [-0.25, -0.2) is 0 Å². The van der Waals surface area contributed by atoms with E-state index >= 15 is 0 Å². The van der Waals surface area contributed by atoms with Gasteiger partial charge in [-0.05, 0) is 64.3 Å². The van der Waals surface area contributed by atoms with E-state index in [1.54, 1.807) is 0 Å². The third kappa shape index (κ3) is 5.33. The first-order valence-electron chi connectivity index (χ1n) is 9.48. The van der Waals surface area contributed by atoms with Gasteiger partial charge in [-0.15, -0.1) is 0 Å². The van der Waals surface area contributed by atoms with E-state index < -0.39 is 0 Å². The lowest BCUT2D eigenvalue weighted by Crippen LogP contribution is -2.37. The summed E-state index contributed by atoms with van der Waals surface area (Å²) in [6.07, 6.45) is 5.54. The van der Waals surface area contributed by atoms with Gasteiger partial charge in [0.2, 0.25) is 11.8 Å². The fraction of sp³-hybridized carbons (Fsp3) is 0.684. The molecule has 3 rings (SSSR count). The van der Waals surface area contributed by atoms with Crippen LogP contribution >= 0.6 is 0 Å². The van der Waals surface area contributed by atoms with Crippen molar-refractivity contribution >= 4 is 11.8 Å². The van der Waals surface area contributed by atoms with E-state index in [1.165, 1.54) is 12.8 Å². The molecule has 138 valence electrons. The van der Waals surface area contributed by atoms with Crippen LogP contribution in [0.2, 0.25) is 0 Å². The molecule has 1 saturated carbocycles. The average Bonchev–Trinajstić information content (AvgIpc) is 3.15. The first-order valence-corrected chi connectivity index (χ1v) is 9.48. The molecule has 2 fully saturated rings. The molecule has 1 aliphatic carbocycles. The molecule has 1 unspecified atom stereocenters. The number of carbonyl (C=O) groups excluding carboxylic acids is 2. The normalized spacial score (nSPS) is 18.9. The number of nitrogens with zero attached hydrogens (tertiary/aromatic N) is 1. The van der Waals surface area contributed by atoms with Crippen molar-refractivity contribution in [2.75, 3.05) is 26.2 Å². The summed E-state index contributed by atoms with van der Waals surface area (Å²) >= 11 is 0. The molecule has 1 atom stereocenters. The third-order valence-corrected chi connectivity index (χ3v) is 4.99. The standard InChI is InChI=1S/C19H29N3O3/c1-14-6-9-17(25-14)16(22-11-2-3-12-22)13-21-18(23)5-4-10-20-19(24)15-7-8-15/h6,9,15-16H,2-5,7-8,10-13H2,1H3,(H,20,24)(H,21,23). The predicted molar refractivity (Wildman–Crippen MR) is 95.0 cm³/mol. The van der Waals surface area contributed by atoms with Gasteiger partial charge in [-0.2, -0.15) is 0 Å². The molecule has 2 amide bonds. The van der Waals surface area contributed by atoms with Crippen LogP contribution in [0, 0.1) is 12.8 Å². The maximum atomic E-state index is 12.1. The molecule has 1 aliphatic heterocycles. The monoisotopic (exact) mass is 347 g/mol. The lowest BCUT2D eigenvalue weighted by atomic mass is 10.2. The number of hydrogen-bond donors (Lipinski definition) is 2. The van der Waals surface area contributed by atoms with Crippen LogP contribution in [0.1, 0.15) is 56.1 Å². The van der Waals surface area contributed by atoms with Crippen molar-refractivity contribution < 1.29 is 14.0 Å². The van der Waals surface area contributed by atoms with Crippen molar-refractivity contribution in [1.82, 2.24) is 15.5 Å². The highest BCUT2D eigenvalue weighted by Gasteiger charge is 2.29. The minimum atomic E-state index is 0.0353. The van der Waals surface area contributed by atoms with Crippen LogP contribution in [0.25, 0.3) is 0 Å². The largest absolute Gasteiger partial charge is 0.465 e. The van der Waals surface area contributed by atoms with Crippen molar-refractivity contribution in [1.29, 1.82) is 0 Å². The van der Waals surface area contributed by atoms with Gasteiger partial charge in [0, 0.05) is 25.4 Å². The van der Waals surface area contributed by atoms with E-state index in [2.05, 4.69) is 15.5 Å². The van der Waals surface area contributed by atoms with Gasteiger partial charge in [0.1, 0.15) is 11.5 Å². The molecule has 0 radical (unpaired) electrons. The van der Waals surface area contributed by atoms with Crippen molar-refractivity contribution in [3.8, 4) is 0 Å². The number of likely N-dealkylation sites (tertiary alicyclic amines) is 1. The number of rotatable bonds is 9. The molecule has 2 heterocycles. The number of aryl methyl sites for hydroxylation is 1. The number of hydrogen-bond acceptors (Lipinski definition) is 4. The van der Waals surface area contributed by atoms with Crippen LogP contribution in [0.3, 0.4) is 0 Å². The predicted octanol–water partition coefficient (Wildman–Crippen LogP) is 2.15. The second-order valence-electron chi connectivity index (χ2n) is 7.18. The van der Waals surface area contributed by atoms with Crippen molar-refractivity contribution in [3.63, 3.8) is 0 Å². The Bertz CT molecular complexity index is 588. The molecule has 2 N–H and O–H groups in total. The van der Waals surface area contributed by atoms with Gasteiger partial charge in [0.15, 0.2) is 0 Å². The SMILES string of the molecule is Cc1ccc(C(CNC(=O)CCCNC(=O)C2CC2)N2CCCC2)o1. The maximum Gasteiger partial charge on any atom is 0.223 e. The highest BCUT2D eigenvalue weighted by molar-refractivity contribution is 5.81. The van der Waals surface area contributed by atoms with E-state index in [-0.39, 0.29) is 23.8 Å². The fourth-order valence-electron chi connectivity index (χ4n) is 3.34. The van der Waals surface area contributed by atoms with E-state index in [1.807, 2.05) is 19.1 Å². The molecule has 0 spiro atoms. The second kappa shape index (κ2) is 8.52. The van der Waals surface area contributed by atoms with Gasteiger partial charge < -0.3 is 15.1 Å². The summed E-state index contributed by atoms with van der Waals surface area (Å²) in [4.78, 5) is 26.0. The zero-order valence-corrected chi connectivity index (χ0v) is 15.1. The molecule has 25 heavy (non-hydrogen) atoms. The van der Waals surface area contributed by atoms with E-state index in [9.17, 15) is 9.59 Å². The molecule has 0 aromatic carbocycles. The highest BCUT2D eigenvalue weighted by Crippen LogP contribution is 2.28. The molecule has 0 bridgehead atoms. The maximum absolute atomic E-state index is 12.1. The Hall–Kier alpha value is -1.82. The van der Waals surface area contributed by atoms with Crippen molar-refractivity contribution in [2.24, 2.45) is 5.92 Å². The van der Waals surface area contributed by atoms with Gasteiger partial charge in [0.25, 0.3) is 0 Å². The second-order valence-corrected chi connectivity index (χ2v) is 7.18. The zero-order valence-electron chi connectivity index (χ0n) is 15.1. The van der Waals surface area contributed by atoms with Crippen LogP contribution in [0.5, 0.6) is 0 Å². The minimum absolute atomic E-state index is 0.0353. The Morgan fingerprint density at radius 1 is 1.24 bits per heavy atom. The fourth-order valence-corrected chi connectivity index (χ4v) is 3.34. The average molecular weight is 347 g/mol. The molecule has 2 aliphatic rings. The summed E-state index contributed by atoms with van der Waals surface area (Å²) in [6, 6.07) is 4.09. The van der Waals surface area contributed by atoms with Crippen LogP contribution in [0.15, 0.2) is 16.5 Å². The Balaban J connectivity index is 1.40. The van der Waals surface area contributed by atoms with Crippen LogP contribution in [-0.4, -0.2) is 42.9 Å². The molecule has 1 aromatic heterocycles. The summed E-state index contributed by atoms with van der Waals surface area (Å²) in [5.41, 5.74) is 0. The lowest BCUT2D eigenvalue weighted by molar-refractivity contribution is -0.123. The van der Waals surface area contributed by atoms with Gasteiger partial charge in [-0.1, -0.05) is 0 Å². The Morgan fingerprint density at radius 2 is 2.00 bits per heavy atom. The van der Waals surface area contributed by atoms with Crippen LogP contribution < -0.4 is 10.6 Å². The highest BCUT2D eigenvalue weighted by atomic mass is 16.3. The zero-order chi connectivity index (χ0) is 17.6. The third-order valence-electron chi connectivity index (χ3n) is 4.99. The van der Waals surface area contributed by atoms with Crippen LogP contribution in [0.4, 0.5) is 0 Å². The van der Waals surface area contributed by atoms with Crippen LogP contribution in [-0.2, 0) is 9.59 Å². The molecule has 1 saturated heterocycles. The molecule has 1 aromatic rings. The summed E-state index contributed by atoms with van der Waals surface area (Å²) < 4.78 is 5.80. The van der Waals surface area contributed by atoms with Gasteiger partial charge >= 0.3 is 0 Å². The Kier molecular flexibility index (Phi) is 6.13. The first kappa shape index (κ1) is 18.0. The first-order chi connectivity index (χ1) is 12.1. The van der Waals surface area contributed by atoms with Gasteiger partial charge in [0.05, 0.1) is 6.04 Å². The number of nitrogens with one attached hydrogen (secondary N) is 2. The topological polar surface area (TPSA) is 74.6 Å². The summed E-state index contributed by atoms with van der Waals surface area (Å²) in [7, 11) is 0. The van der Waals surface area contributed by atoms with E-state index in [4.69, 9.17) is 4.42 Å². The van der Waals surface area contributed by atoms with Crippen molar-refractivity contribution in [2.45, 2.75) is 51.5 Å². The Morgan fingerprint density at radius 3 is 2.64 bits per heavy atom. The molecular weight excluding hydrogens is 318 g/mol.